The van der Waals surface area contributed by atoms with E-state index >= 15 is 0 Å². The molecule has 0 spiro atoms. The van der Waals surface area contributed by atoms with Crippen LogP contribution in [0, 0.1) is 6.92 Å². The van der Waals surface area contributed by atoms with Crippen LogP contribution in [0.15, 0.2) is 109 Å². The first-order valence-electron chi connectivity index (χ1n) is 11.9. The molecule has 0 saturated heterocycles. The Morgan fingerprint density at radius 2 is 1.40 bits per heavy atom. The Morgan fingerprint density at radius 3 is 2.03 bits per heavy atom. The fourth-order valence-corrected chi connectivity index (χ4v) is 4.38. The van der Waals surface area contributed by atoms with E-state index in [0.717, 1.165) is 33.8 Å². The minimum absolute atomic E-state index is 0.00199. The van der Waals surface area contributed by atoms with Crippen LogP contribution < -0.4 is 4.74 Å². The first-order valence-corrected chi connectivity index (χ1v) is 11.9. The zero-order valence-electron chi connectivity index (χ0n) is 20.2. The van der Waals surface area contributed by atoms with Crippen molar-refractivity contribution >= 4 is 5.97 Å². The molecule has 0 heterocycles. The summed E-state index contributed by atoms with van der Waals surface area (Å²) in [5.74, 6) is 0.710. The quantitative estimate of drug-likeness (QED) is 0.262. The van der Waals surface area contributed by atoms with Gasteiger partial charge in [-0.25, -0.2) is 0 Å². The van der Waals surface area contributed by atoms with Crippen molar-refractivity contribution < 1.29 is 14.6 Å². The van der Waals surface area contributed by atoms with Crippen molar-refractivity contribution in [1.29, 1.82) is 0 Å². The molecule has 0 aliphatic carbocycles. The number of aryl methyl sites for hydroxylation is 1. The molecular formula is C31H31NO3. The van der Waals surface area contributed by atoms with E-state index in [0.29, 0.717) is 6.54 Å². The summed E-state index contributed by atoms with van der Waals surface area (Å²) in [4.78, 5) is 14.3. The molecule has 178 valence electrons. The van der Waals surface area contributed by atoms with Crippen molar-refractivity contribution in [2.45, 2.75) is 38.9 Å². The Hall–Kier alpha value is -3.89. The average Bonchev–Trinajstić information content (AvgIpc) is 2.88. The molecule has 4 aromatic rings. The molecule has 1 N–H and O–H groups in total. The average molecular weight is 466 g/mol. The number of hydrogen-bond acceptors (Lipinski definition) is 3. The molecule has 4 aromatic carbocycles. The number of para-hydroxylation sites is 1. The van der Waals surface area contributed by atoms with Gasteiger partial charge in [-0.15, -0.1) is 0 Å². The first-order chi connectivity index (χ1) is 17.0. The predicted octanol–water partition coefficient (Wildman–Crippen LogP) is 7.57. The van der Waals surface area contributed by atoms with Gasteiger partial charge in [-0.05, 0) is 54.3 Å². The lowest BCUT2D eigenvalue weighted by Crippen LogP contribution is -2.32. The van der Waals surface area contributed by atoms with Crippen LogP contribution in [0.5, 0.6) is 11.5 Å². The van der Waals surface area contributed by atoms with Gasteiger partial charge < -0.3 is 9.84 Å². The zero-order valence-corrected chi connectivity index (χ0v) is 20.2. The van der Waals surface area contributed by atoms with Crippen molar-refractivity contribution in [2.75, 3.05) is 0 Å². The highest BCUT2D eigenvalue weighted by molar-refractivity contribution is 5.68. The number of carboxylic acid groups (broad SMARTS) is 1. The lowest BCUT2D eigenvalue weighted by molar-refractivity contribution is -0.138. The molecule has 0 radical (unpaired) electrons. The van der Waals surface area contributed by atoms with Crippen LogP contribution in [-0.2, 0) is 11.3 Å². The van der Waals surface area contributed by atoms with E-state index in [1.807, 2.05) is 91.9 Å². The minimum atomic E-state index is -0.825. The largest absolute Gasteiger partial charge is 0.481 e. The number of ether oxygens (including phenoxy) is 1. The smallest absolute Gasteiger partial charge is 0.305 e. The summed E-state index contributed by atoms with van der Waals surface area (Å²) in [6, 6.07) is 35.9. The van der Waals surface area contributed by atoms with Crippen molar-refractivity contribution in [1.82, 2.24) is 4.90 Å². The summed E-state index contributed by atoms with van der Waals surface area (Å²) in [6.45, 7) is 4.79. The lowest BCUT2D eigenvalue weighted by Gasteiger charge is -2.36. The van der Waals surface area contributed by atoms with Crippen LogP contribution in [0.4, 0.5) is 0 Å². The molecule has 2 atom stereocenters. The molecule has 4 nitrogen and oxygen atoms in total. The monoisotopic (exact) mass is 465 g/mol. The maximum atomic E-state index is 12.0. The van der Waals surface area contributed by atoms with Crippen LogP contribution in [0.25, 0.3) is 0 Å². The van der Waals surface area contributed by atoms with Crippen molar-refractivity contribution in [3.05, 3.63) is 131 Å². The van der Waals surface area contributed by atoms with Gasteiger partial charge in [-0.1, -0.05) is 91.0 Å². The van der Waals surface area contributed by atoms with Gasteiger partial charge in [0, 0.05) is 18.6 Å². The molecule has 4 heteroatoms. The standard InChI is InChI=1S/C31H31NO3/c1-23-11-9-10-16-30(23)35-28-19-17-27(18-20-28)29(21-31(33)34)32(22-25-12-5-3-6-13-25)24(2)26-14-7-4-8-15-26/h3-20,24,29H,21-22H2,1-2H3,(H,33,34). The molecule has 4 rings (SSSR count). The van der Waals surface area contributed by atoms with Crippen molar-refractivity contribution in [2.24, 2.45) is 0 Å². The summed E-state index contributed by atoms with van der Waals surface area (Å²) < 4.78 is 6.07. The van der Waals surface area contributed by atoms with Crippen molar-refractivity contribution in [3.8, 4) is 11.5 Å². The third-order valence-electron chi connectivity index (χ3n) is 6.34. The Bertz CT molecular complexity index is 1220. The van der Waals surface area contributed by atoms with Crippen LogP contribution in [0.2, 0.25) is 0 Å². The van der Waals surface area contributed by atoms with E-state index in [4.69, 9.17) is 4.74 Å². The summed E-state index contributed by atoms with van der Waals surface area (Å²) in [7, 11) is 0. The second-order valence-corrected chi connectivity index (χ2v) is 8.79. The fourth-order valence-electron chi connectivity index (χ4n) is 4.38. The predicted molar refractivity (Wildman–Crippen MR) is 140 cm³/mol. The van der Waals surface area contributed by atoms with Gasteiger partial charge >= 0.3 is 5.97 Å². The molecule has 0 aromatic heterocycles. The topological polar surface area (TPSA) is 49.8 Å². The van der Waals surface area contributed by atoms with E-state index < -0.39 is 5.97 Å². The van der Waals surface area contributed by atoms with Crippen LogP contribution >= 0.6 is 0 Å². The molecular weight excluding hydrogens is 434 g/mol. The normalized spacial score (nSPS) is 12.8. The number of hydrogen-bond donors (Lipinski definition) is 1. The van der Waals surface area contributed by atoms with Crippen LogP contribution in [0.3, 0.4) is 0 Å². The van der Waals surface area contributed by atoms with Gasteiger partial charge in [0.05, 0.1) is 6.42 Å². The molecule has 0 fully saturated rings. The summed E-state index contributed by atoms with van der Waals surface area (Å²) in [5.41, 5.74) is 4.30. The Morgan fingerprint density at radius 1 is 0.800 bits per heavy atom. The summed E-state index contributed by atoms with van der Waals surface area (Å²) in [6.07, 6.45) is 0.00199. The Kier molecular flexibility index (Phi) is 7.96. The van der Waals surface area contributed by atoms with E-state index in [2.05, 4.69) is 36.1 Å². The van der Waals surface area contributed by atoms with Crippen molar-refractivity contribution in [3.63, 3.8) is 0 Å². The number of carbonyl (C=O) groups is 1. The molecule has 0 bridgehead atoms. The van der Waals surface area contributed by atoms with Crippen LogP contribution in [-0.4, -0.2) is 16.0 Å². The maximum Gasteiger partial charge on any atom is 0.305 e. The number of aliphatic carboxylic acids is 1. The molecule has 0 amide bonds. The highest BCUT2D eigenvalue weighted by Gasteiger charge is 2.28. The minimum Gasteiger partial charge on any atom is -0.481 e. The van der Waals surface area contributed by atoms with E-state index in [-0.39, 0.29) is 18.5 Å². The van der Waals surface area contributed by atoms with E-state index in [9.17, 15) is 9.90 Å². The number of rotatable bonds is 10. The number of benzene rings is 4. The molecule has 0 saturated carbocycles. The highest BCUT2D eigenvalue weighted by atomic mass is 16.5. The Labute approximate surface area is 207 Å². The number of nitrogens with zero attached hydrogens (tertiary/aromatic N) is 1. The van der Waals surface area contributed by atoms with Gasteiger partial charge in [0.2, 0.25) is 0 Å². The summed E-state index contributed by atoms with van der Waals surface area (Å²) in [5, 5.41) is 9.84. The van der Waals surface area contributed by atoms with E-state index in [1.54, 1.807) is 0 Å². The third-order valence-corrected chi connectivity index (χ3v) is 6.34. The lowest BCUT2D eigenvalue weighted by atomic mass is 9.96. The van der Waals surface area contributed by atoms with Gasteiger partial charge in [0.25, 0.3) is 0 Å². The Balaban J connectivity index is 1.67. The van der Waals surface area contributed by atoms with E-state index in [1.165, 1.54) is 0 Å². The number of carboxylic acids is 1. The fraction of sp³-hybridized carbons (Fsp3) is 0.194. The summed E-state index contributed by atoms with van der Waals surface area (Å²) >= 11 is 0. The second-order valence-electron chi connectivity index (χ2n) is 8.79. The first kappa shape index (κ1) is 24.2. The maximum absolute atomic E-state index is 12.0. The third kappa shape index (κ3) is 6.37. The molecule has 0 aliphatic heterocycles. The van der Waals surface area contributed by atoms with Gasteiger partial charge in [0.15, 0.2) is 0 Å². The molecule has 0 aliphatic rings. The van der Waals surface area contributed by atoms with Gasteiger partial charge in [0.1, 0.15) is 11.5 Å². The SMILES string of the molecule is Cc1ccccc1Oc1ccc(C(CC(=O)O)N(Cc2ccccc2)C(C)c2ccccc2)cc1. The highest BCUT2D eigenvalue weighted by Crippen LogP contribution is 2.36. The van der Waals surface area contributed by atoms with Gasteiger partial charge in [-0.2, -0.15) is 0 Å². The van der Waals surface area contributed by atoms with Gasteiger partial charge in [-0.3, -0.25) is 9.69 Å². The molecule has 2 unspecified atom stereocenters. The van der Waals surface area contributed by atoms with Crippen LogP contribution in [0.1, 0.15) is 47.7 Å². The second kappa shape index (κ2) is 11.5. The zero-order chi connectivity index (χ0) is 24.6. The molecule has 35 heavy (non-hydrogen) atoms.